The molecular weight excluding hydrogens is 264 g/mol. The maximum atomic E-state index is 11.0. The Morgan fingerprint density at radius 1 is 1.50 bits per heavy atom. The number of carbonyl (C=O) groups is 1. The van der Waals surface area contributed by atoms with Crippen molar-refractivity contribution in [2.24, 2.45) is 0 Å². The highest BCUT2D eigenvalue weighted by atomic mass is 16.6. The molecule has 108 valence electrons. The summed E-state index contributed by atoms with van der Waals surface area (Å²) in [5.41, 5.74) is 0.159. The van der Waals surface area contributed by atoms with Crippen LogP contribution in [0.1, 0.15) is 29.6 Å². The van der Waals surface area contributed by atoms with Gasteiger partial charge in [-0.3, -0.25) is 10.1 Å². The molecular formula is C13H16N2O5. The van der Waals surface area contributed by atoms with Crippen molar-refractivity contribution in [1.29, 1.82) is 0 Å². The highest BCUT2D eigenvalue weighted by Gasteiger charge is 2.26. The van der Waals surface area contributed by atoms with Gasteiger partial charge in [-0.05, 0) is 31.4 Å². The van der Waals surface area contributed by atoms with Crippen molar-refractivity contribution in [3.63, 3.8) is 0 Å². The van der Waals surface area contributed by atoms with Crippen LogP contribution in [0.5, 0.6) is 0 Å². The van der Waals surface area contributed by atoms with E-state index in [0.717, 1.165) is 19.3 Å². The average Bonchev–Trinajstić information content (AvgIpc) is 2.86. The maximum Gasteiger partial charge on any atom is 0.335 e. The molecule has 1 aromatic carbocycles. The van der Waals surface area contributed by atoms with Crippen LogP contribution in [0.4, 0.5) is 11.4 Å². The summed E-state index contributed by atoms with van der Waals surface area (Å²) in [6, 6.07) is 3.82. The number of carboxylic acids is 1. The first-order valence-electron chi connectivity index (χ1n) is 6.32. The number of anilines is 1. The number of nitrogens with one attached hydrogen (secondary N) is 1. The molecule has 0 bridgehead atoms. The summed E-state index contributed by atoms with van der Waals surface area (Å²) in [6.07, 6.45) is 2.63. The van der Waals surface area contributed by atoms with Gasteiger partial charge >= 0.3 is 5.97 Å². The molecule has 0 amide bonds. The molecule has 1 aliphatic carbocycles. The molecule has 0 saturated heterocycles. The molecule has 2 N–H and O–H groups in total. The van der Waals surface area contributed by atoms with Crippen LogP contribution in [0.25, 0.3) is 0 Å². The normalized spacial score (nSPS) is 21.6. The summed E-state index contributed by atoms with van der Waals surface area (Å²) < 4.78 is 5.25. The smallest absolute Gasteiger partial charge is 0.335 e. The van der Waals surface area contributed by atoms with Gasteiger partial charge in [0.15, 0.2) is 0 Å². The molecule has 1 aromatic rings. The second-order valence-electron chi connectivity index (χ2n) is 4.81. The predicted molar refractivity (Wildman–Crippen MR) is 72.1 cm³/mol. The Morgan fingerprint density at radius 2 is 2.25 bits per heavy atom. The summed E-state index contributed by atoms with van der Waals surface area (Å²) in [6.45, 7) is 0. The Balaban J connectivity index is 2.22. The molecule has 20 heavy (non-hydrogen) atoms. The van der Waals surface area contributed by atoms with Crippen molar-refractivity contribution in [3.8, 4) is 0 Å². The van der Waals surface area contributed by atoms with Gasteiger partial charge in [-0.1, -0.05) is 0 Å². The van der Waals surface area contributed by atoms with Gasteiger partial charge in [0.25, 0.3) is 5.69 Å². The van der Waals surface area contributed by atoms with Crippen molar-refractivity contribution in [1.82, 2.24) is 0 Å². The van der Waals surface area contributed by atoms with Crippen LogP contribution in [0, 0.1) is 10.1 Å². The highest BCUT2D eigenvalue weighted by molar-refractivity contribution is 5.90. The number of benzene rings is 1. The van der Waals surface area contributed by atoms with Crippen molar-refractivity contribution < 1.29 is 19.6 Å². The van der Waals surface area contributed by atoms with Gasteiger partial charge in [0.05, 0.1) is 16.6 Å². The number of methoxy groups -OCH3 is 1. The summed E-state index contributed by atoms with van der Waals surface area (Å²) in [7, 11) is 1.64. The third-order valence-corrected chi connectivity index (χ3v) is 3.52. The molecule has 2 unspecified atom stereocenters. The van der Waals surface area contributed by atoms with Crippen molar-refractivity contribution in [3.05, 3.63) is 33.9 Å². The SMILES string of the molecule is COC1CCC(Nc2cc(C(=O)O)ccc2[N+](=O)[O-])C1. The lowest BCUT2D eigenvalue weighted by atomic mass is 10.1. The highest BCUT2D eigenvalue weighted by Crippen LogP contribution is 2.30. The van der Waals surface area contributed by atoms with Crippen LogP contribution in [-0.4, -0.2) is 35.3 Å². The molecule has 2 rings (SSSR count). The lowest BCUT2D eigenvalue weighted by Gasteiger charge is -2.14. The summed E-state index contributed by atoms with van der Waals surface area (Å²) >= 11 is 0. The van der Waals surface area contributed by atoms with E-state index in [1.807, 2.05) is 0 Å². The van der Waals surface area contributed by atoms with E-state index >= 15 is 0 Å². The number of nitro benzene ring substituents is 1. The van der Waals surface area contributed by atoms with Crippen LogP contribution >= 0.6 is 0 Å². The number of hydrogen-bond donors (Lipinski definition) is 2. The monoisotopic (exact) mass is 280 g/mol. The van der Waals surface area contributed by atoms with E-state index in [4.69, 9.17) is 9.84 Å². The standard InChI is InChI=1S/C13H16N2O5/c1-20-10-4-3-9(7-10)14-11-6-8(13(16)17)2-5-12(11)15(18)19/h2,5-6,9-10,14H,3-4,7H2,1H3,(H,16,17). The fourth-order valence-electron chi connectivity index (χ4n) is 2.45. The summed E-state index contributed by atoms with van der Waals surface area (Å²) in [5.74, 6) is -1.11. The van der Waals surface area contributed by atoms with Crippen molar-refractivity contribution in [2.75, 3.05) is 12.4 Å². The minimum Gasteiger partial charge on any atom is -0.478 e. The van der Waals surface area contributed by atoms with E-state index < -0.39 is 10.9 Å². The van der Waals surface area contributed by atoms with E-state index in [1.54, 1.807) is 7.11 Å². The van der Waals surface area contributed by atoms with Gasteiger partial charge in [0, 0.05) is 19.2 Å². The van der Waals surface area contributed by atoms with Gasteiger partial charge in [-0.2, -0.15) is 0 Å². The van der Waals surface area contributed by atoms with Crippen LogP contribution in [0.2, 0.25) is 0 Å². The van der Waals surface area contributed by atoms with Gasteiger partial charge in [-0.15, -0.1) is 0 Å². The molecule has 1 aliphatic rings. The van der Waals surface area contributed by atoms with Gasteiger partial charge in [-0.25, -0.2) is 4.79 Å². The Kier molecular flexibility index (Phi) is 4.19. The minimum absolute atomic E-state index is 0.0272. The maximum absolute atomic E-state index is 11.0. The molecule has 0 spiro atoms. The van der Waals surface area contributed by atoms with E-state index in [2.05, 4.69) is 5.32 Å². The summed E-state index contributed by atoms with van der Waals surface area (Å²) in [4.78, 5) is 21.4. The van der Waals surface area contributed by atoms with Crippen LogP contribution in [-0.2, 0) is 4.74 Å². The molecule has 1 fully saturated rings. The largest absolute Gasteiger partial charge is 0.478 e. The van der Waals surface area contributed by atoms with Crippen molar-refractivity contribution >= 4 is 17.3 Å². The first-order valence-corrected chi connectivity index (χ1v) is 6.32. The second-order valence-corrected chi connectivity index (χ2v) is 4.81. The Morgan fingerprint density at radius 3 is 2.80 bits per heavy atom. The van der Waals surface area contributed by atoms with Gasteiger partial charge < -0.3 is 15.2 Å². The second kappa shape index (κ2) is 5.87. The van der Waals surface area contributed by atoms with E-state index in [-0.39, 0.29) is 29.1 Å². The number of ether oxygens (including phenoxy) is 1. The zero-order valence-electron chi connectivity index (χ0n) is 11.0. The van der Waals surface area contributed by atoms with Crippen LogP contribution < -0.4 is 5.32 Å². The zero-order valence-corrected chi connectivity index (χ0v) is 11.0. The molecule has 7 heteroatoms. The Labute approximate surface area is 115 Å². The number of rotatable bonds is 5. The van der Waals surface area contributed by atoms with Gasteiger partial charge in [0.1, 0.15) is 5.69 Å². The fourth-order valence-corrected chi connectivity index (χ4v) is 2.45. The third-order valence-electron chi connectivity index (χ3n) is 3.52. The average molecular weight is 280 g/mol. The Hall–Kier alpha value is -2.15. The Bertz CT molecular complexity index is 531. The zero-order chi connectivity index (χ0) is 14.7. The first-order chi connectivity index (χ1) is 9.51. The number of hydrogen-bond acceptors (Lipinski definition) is 5. The topological polar surface area (TPSA) is 102 Å². The fraction of sp³-hybridized carbons (Fsp3) is 0.462. The molecule has 0 aliphatic heterocycles. The lowest BCUT2D eigenvalue weighted by Crippen LogP contribution is -2.18. The number of aromatic carboxylic acids is 1. The molecule has 0 heterocycles. The molecule has 2 atom stereocenters. The number of nitrogens with zero attached hydrogens (tertiary/aromatic N) is 1. The first kappa shape index (κ1) is 14.3. The van der Waals surface area contributed by atoms with Crippen LogP contribution in [0.15, 0.2) is 18.2 Å². The summed E-state index contributed by atoms with van der Waals surface area (Å²) in [5, 5.41) is 23.0. The molecule has 0 radical (unpaired) electrons. The number of nitro groups is 1. The number of carboxylic acid groups (broad SMARTS) is 1. The van der Waals surface area contributed by atoms with E-state index in [0.29, 0.717) is 0 Å². The lowest BCUT2D eigenvalue weighted by molar-refractivity contribution is -0.384. The van der Waals surface area contributed by atoms with Crippen molar-refractivity contribution in [2.45, 2.75) is 31.4 Å². The van der Waals surface area contributed by atoms with E-state index in [9.17, 15) is 14.9 Å². The quantitative estimate of drug-likeness (QED) is 0.633. The molecule has 0 aromatic heterocycles. The molecule has 1 saturated carbocycles. The van der Waals surface area contributed by atoms with Crippen LogP contribution in [0.3, 0.4) is 0 Å². The minimum atomic E-state index is -1.11. The molecule has 7 nitrogen and oxygen atoms in total. The third kappa shape index (κ3) is 3.05. The predicted octanol–water partition coefficient (Wildman–Crippen LogP) is 2.27. The van der Waals surface area contributed by atoms with E-state index in [1.165, 1.54) is 18.2 Å². The van der Waals surface area contributed by atoms with Gasteiger partial charge in [0.2, 0.25) is 0 Å².